The second kappa shape index (κ2) is 8.88. The quantitative estimate of drug-likeness (QED) is 0.717. The van der Waals surface area contributed by atoms with Crippen molar-refractivity contribution in [2.24, 2.45) is 5.92 Å². The van der Waals surface area contributed by atoms with E-state index in [2.05, 4.69) is 38.1 Å². The maximum Gasteiger partial charge on any atom is 0.410 e. The van der Waals surface area contributed by atoms with Crippen molar-refractivity contribution in [3.63, 3.8) is 0 Å². The summed E-state index contributed by atoms with van der Waals surface area (Å²) in [5, 5.41) is 0. The van der Waals surface area contributed by atoms with Crippen LogP contribution >= 0.6 is 0 Å². The molecule has 0 saturated carbocycles. The van der Waals surface area contributed by atoms with E-state index in [1.54, 1.807) is 0 Å². The van der Waals surface area contributed by atoms with Gasteiger partial charge in [-0.1, -0.05) is 74.0 Å². The fraction of sp³-hybridized carbons (Fsp3) is 0.435. The predicted octanol–water partition coefficient (Wildman–Crippen LogP) is 5.45. The van der Waals surface area contributed by atoms with Crippen LogP contribution in [0.4, 0.5) is 4.79 Å². The molecule has 1 heterocycles. The van der Waals surface area contributed by atoms with Crippen molar-refractivity contribution >= 4 is 6.09 Å². The Balaban J connectivity index is 1.71. The topological polar surface area (TPSA) is 29.5 Å². The lowest BCUT2D eigenvalue weighted by molar-refractivity contribution is 0.0312. The molecule has 1 aliphatic rings. The molecule has 0 bridgehead atoms. The Labute approximate surface area is 157 Å². The highest BCUT2D eigenvalue weighted by Gasteiger charge is 2.36. The van der Waals surface area contributed by atoms with Gasteiger partial charge in [-0.25, -0.2) is 4.79 Å². The lowest BCUT2D eigenvalue weighted by Crippen LogP contribution is -2.52. The van der Waals surface area contributed by atoms with Gasteiger partial charge in [-0.05, 0) is 43.2 Å². The number of amides is 1. The summed E-state index contributed by atoms with van der Waals surface area (Å²) in [4.78, 5) is 14.9. The van der Waals surface area contributed by atoms with Crippen molar-refractivity contribution in [2.75, 3.05) is 0 Å². The van der Waals surface area contributed by atoms with Gasteiger partial charge in [0.15, 0.2) is 0 Å². The first kappa shape index (κ1) is 18.5. The van der Waals surface area contributed by atoms with Gasteiger partial charge in [-0.2, -0.15) is 0 Å². The molecule has 0 spiro atoms. The van der Waals surface area contributed by atoms with Gasteiger partial charge in [-0.15, -0.1) is 0 Å². The molecule has 0 unspecified atom stereocenters. The van der Waals surface area contributed by atoms with Crippen molar-refractivity contribution in [3.05, 3.63) is 71.8 Å². The second-order valence-corrected chi connectivity index (χ2v) is 7.39. The van der Waals surface area contributed by atoms with Crippen LogP contribution in [0.3, 0.4) is 0 Å². The van der Waals surface area contributed by atoms with Crippen molar-refractivity contribution in [2.45, 2.75) is 58.2 Å². The largest absolute Gasteiger partial charge is 0.445 e. The Bertz CT molecular complexity index is 686. The maximum atomic E-state index is 12.9. The molecule has 1 saturated heterocycles. The summed E-state index contributed by atoms with van der Waals surface area (Å²) >= 11 is 0. The predicted molar refractivity (Wildman–Crippen MR) is 105 cm³/mol. The normalized spacial score (nSPS) is 22.8. The molecule has 0 aliphatic carbocycles. The van der Waals surface area contributed by atoms with Gasteiger partial charge in [0.05, 0.1) is 0 Å². The van der Waals surface area contributed by atoms with Gasteiger partial charge in [0.2, 0.25) is 0 Å². The number of carbonyl (C=O) groups is 1. The number of hydrogen-bond donors (Lipinski definition) is 0. The van der Waals surface area contributed by atoms with Gasteiger partial charge in [-0.3, -0.25) is 0 Å². The van der Waals surface area contributed by atoms with E-state index in [-0.39, 0.29) is 18.2 Å². The van der Waals surface area contributed by atoms with E-state index in [1.807, 2.05) is 41.3 Å². The molecule has 3 nitrogen and oxygen atoms in total. The molecule has 26 heavy (non-hydrogen) atoms. The Hall–Kier alpha value is -2.29. The summed E-state index contributed by atoms with van der Waals surface area (Å²) in [6, 6.07) is 20.8. The number of nitrogens with zero attached hydrogens (tertiary/aromatic N) is 1. The molecule has 138 valence electrons. The Morgan fingerprint density at radius 1 is 1.00 bits per heavy atom. The van der Waals surface area contributed by atoms with E-state index in [4.69, 9.17) is 4.74 Å². The zero-order valence-corrected chi connectivity index (χ0v) is 15.8. The maximum absolute atomic E-state index is 12.9. The van der Waals surface area contributed by atoms with Gasteiger partial charge < -0.3 is 9.64 Å². The van der Waals surface area contributed by atoms with Crippen molar-refractivity contribution < 1.29 is 9.53 Å². The Morgan fingerprint density at radius 2 is 1.62 bits per heavy atom. The third-order valence-corrected chi connectivity index (χ3v) is 5.46. The minimum absolute atomic E-state index is 0.183. The summed E-state index contributed by atoms with van der Waals surface area (Å²) < 4.78 is 5.66. The van der Waals surface area contributed by atoms with Crippen molar-refractivity contribution in [3.8, 4) is 0 Å². The number of benzene rings is 2. The molecular formula is C23H29NO2. The zero-order chi connectivity index (χ0) is 18.4. The van der Waals surface area contributed by atoms with Crippen LogP contribution < -0.4 is 0 Å². The van der Waals surface area contributed by atoms with Gasteiger partial charge >= 0.3 is 6.09 Å². The Kier molecular flexibility index (Phi) is 6.32. The Morgan fingerprint density at radius 3 is 2.23 bits per heavy atom. The number of ether oxygens (including phenoxy) is 1. The first-order valence-corrected chi connectivity index (χ1v) is 9.70. The summed E-state index contributed by atoms with van der Waals surface area (Å²) in [6.45, 7) is 4.74. The molecule has 2 aromatic rings. The van der Waals surface area contributed by atoms with E-state index < -0.39 is 0 Å². The highest BCUT2D eigenvalue weighted by molar-refractivity contribution is 5.68. The highest BCUT2D eigenvalue weighted by Crippen LogP contribution is 2.32. The molecule has 1 fully saturated rings. The molecular weight excluding hydrogens is 322 g/mol. The average molecular weight is 351 g/mol. The lowest BCUT2D eigenvalue weighted by atomic mass is 9.83. The van der Waals surface area contributed by atoms with E-state index in [0.29, 0.717) is 12.5 Å². The van der Waals surface area contributed by atoms with Crippen molar-refractivity contribution in [1.82, 2.24) is 4.90 Å². The fourth-order valence-electron chi connectivity index (χ4n) is 4.07. The molecule has 0 radical (unpaired) electrons. The SMILES string of the molecule is CC[C@@H]1C[C@H](Cc2ccccc2)N(C(=O)OCc2ccccc2)[C@H](C)C1. The molecule has 3 heteroatoms. The first-order chi connectivity index (χ1) is 12.7. The summed E-state index contributed by atoms with van der Waals surface area (Å²) in [5.41, 5.74) is 2.30. The van der Waals surface area contributed by atoms with E-state index in [9.17, 15) is 4.79 Å². The summed E-state index contributed by atoms with van der Waals surface area (Å²) in [7, 11) is 0. The third-order valence-electron chi connectivity index (χ3n) is 5.46. The van der Waals surface area contributed by atoms with Crippen LogP contribution in [0.2, 0.25) is 0 Å². The number of carbonyl (C=O) groups excluding carboxylic acids is 1. The average Bonchev–Trinajstić information content (AvgIpc) is 2.67. The van der Waals surface area contributed by atoms with Crippen LogP contribution in [0.25, 0.3) is 0 Å². The molecule has 1 aliphatic heterocycles. The monoisotopic (exact) mass is 351 g/mol. The standard InChI is InChI=1S/C23H29NO2/c1-3-19-14-18(2)24(22(15-19)16-20-10-6-4-7-11-20)23(25)26-17-21-12-8-5-9-13-21/h4-13,18-19,22H,3,14-17H2,1-2H3/t18-,19+,22-/m1/s1. The third kappa shape index (κ3) is 4.66. The summed E-state index contributed by atoms with van der Waals surface area (Å²) in [5.74, 6) is 0.678. The first-order valence-electron chi connectivity index (χ1n) is 9.70. The van der Waals surface area contributed by atoms with Crippen LogP contribution in [-0.2, 0) is 17.8 Å². The van der Waals surface area contributed by atoms with Gasteiger partial charge in [0, 0.05) is 12.1 Å². The van der Waals surface area contributed by atoms with Crippen LogP contribution in [0.1, 0.15) is 44.2 Å². The number of likely N-dealkylation sites (tertiary alicyclic amines) is 1. The van der Waals surface area contributed by atoms with E-state index in [0.717, 1.165) is 24.8 Å². The zero-order valence-electron chi connectivity index (χ0n) is 15.8. The molecule has 0 N–H and O–H groups in total. The summed E-state index contributed by atoms with van der Waals surface area (Å²) in [6.07, 6.45) is 3.99. The minimum Gasteiger partial charge on any atom is -0.445 e. The number of rotatable bonds is 5. The highest BCUT2D eigenvalue weighted by atomic mass is 16.6. The fourth-order valence-corrected chi connectivity index (χ4v) is 4.07. The molecule has 3 rings (SSSR count). The molecule has 1 amide bonds. The van der Waals surface area contributed by atoms with Crippen LogP contribution in [0.5, 0.6) is 0 Å². The van der Waals surface area contributed by atoms with Crippen LogP contribution in [0.15, 0.2) is 60.7 Å². The van der Waals surface area contributed by atoms with Crippen molar-refractivity contribution in [1.29, 1.82) is 0 Å². The lowest BCUT2D eigenvalue weighted by Gasteiger charge is -2.43. The van der Waals surface area contributed by atoms with Crippen LogP contribution in [-0.4, -0.2) is 23.1 Å². The van der Waals surface area contributed by atoms with E-state index in [1.165, 1.54) is 12.0 Å². The number of piperidine rings is 1. The molecule has 0 aromatic heterocycles. The van der Waals surface area contributed by atoms with Gasteiger partial charge in [0.1, 0.15) is 6.61 Å². The smallest absolute Gasteiger partial charge is 0.410 e. The van der Waals surface area contributed by atoms with Crippen LogP contribution in [0, 0.1) is 5.92 Å². The second-order valence-electron chi connectivity index (χ2n) is 7.39. The minimum atomic E-state index is -0.183. The molecule has 3 atom stereocenters. The van der Waals surface area contributed by atoms with E-state index >= 15 is 0 Å². The number of hydrogen-bond acceptors (Lipinski definition) is 2. The van der Waals surface area contributed by atoms with Gasteiger partial charge in [0.25, 0.3) is 0 Å². The molecule has 2 aromatic carbocycles.